The number of carbonyl (C=O) groups is 1. The molecule has 0 radical (unpaired) electrons. The minimum atomic E-state index is -4.67. The van der Waals surface area contributed by atoms with Crippen molar-refractivity contribution in [3.05, 3.63) is 37.6 Å². The molecule has 106 valence electrons. The summed E-state index contributed by atoms with van der Waals surface area (Å²) in [6, 6.07) is 0.780. The number of nitrogens with zero attached hydrogens (tertiary/aromatic N) is 2. The highest BCUT2D eigenvalue weighted by Crippen LogP contribution is 2.32. The molecule has 0 bridgehead atoms. The number of nitrogens with one attached hydrogen (secondary N) is 3. The molecule has 3 N–H and O–H groups in total. The molecule has 2 heterocycles. The number of anilines is 1. The lowest BCUT2D eigenvalue weighted by Crippen LogP contribution is -2.27. The molecule has 0 aliphatic rings. The average molecular weight is 307 g/mol. The van der Waals surface area contributed by atoms with Crippen LogP contribution in [0.3, 0.4) is 0 Å². The number of carbonyl (C=O) groups excluding carboxylic acids is 1. The van der Waals surface area contributed by atoms with Gasteiger partial charge in [0.25, 0.3) is 11.5 Å². The molecule has 0 aromatic carbocycles. The normalized spacial score (nSPS) is 11.3. The van der Waals surface area contributed by atoms with Crippen molar-refractivity contribution in [2.24, 2.45) is 0 Å². The summed E-state index contributed by atoms with van der Waals surface area (Å²) in [5.41, 5.74) is -2.16. The maximum absolute atomic E-state index is 12.3. The summed E-state index contributed by atoms with van der Waals surface area (Å²) in [4.78, 5) is 37.4. The predicted octanol–water partition coefficient (Wildman–Crippen LogP) is 0.186. The maximum atomic E-state index is 12.3. The van der Waals surface area contributed by atoms with E-state index < -0.39 is 39.2 Å². The van der Waals surface area contributed by atoms with Crippen LogP contribution in [0.15, 0.2) is 15.7 Å². The van der Waals surface area contributed by atoms with Gasteiger partial charge in [-0.2, -0.15) is 13.2 Å². The third-order valence-corrected chi connectivity index (χ3v) is 2.78. The lowest BCUT2D eigenvalue weighted by atomic mass is 10.4. The van der Waals surface area contributed by atoms with Gasteiger partial charge in [0.05, 0.1) is 0 Å². The van der Waals surface area contributed by atoms with E-state index in [1.165, 1.54) is 0 Å². The molecule has 20 heavy (non-hydrogen) atoms. The first kappa shape index (κ1) is 13.9. The first-order valence-corrected chi connectivity index (χ1v) is 5.63. The largest absolute Gasteiger partial charge is 0.445 e. The smallest absolute Gasteiger partial charge is 0.303 e. The van der Waals surface area contributed by atoms with E-state index in [0.717, 1.165) is 6.07 Å². The van der Waals surface area contributed by atoms with Crippen molar-refractivity contribution in [1.82, 2.24) is 20.2 Å². The maximum Gasteiger partial charge on any atom is 0.445 e. The fraction of sp³-hybridized carbons (Fsp3) is 0.125. The van der Waals surface area contributed by atoms with E-state index in [4.69, 9.17) is 0 Å². The SMILES string of the molecule is O=C(Nc1nnc(C(F)(F)F)s1)c1cc(=O)[nH]c(=O)[nH]1. The van der Waals surface area contributed by atoms with E-state index >= 15 is 0 Å². The van der Waals surface area contributed by atoms with Gasteiger partial charge >= 0.3 is 11.9 Å². The van der Waals surface area contributed by atoms with Gasteiger partial charge in [0.1, 0.15) is 5.69 Å². The molecule has 0 unspecified atom stereocenters. The van der Waals surface area contributed by atoms with Crippen LogP contribution in [0.25, 0.3) is 0 Å². The van der Waals surface area contributed by atoms with Gasteiger partial charge < -0.3 is 4.98 Å². The fourth-order valence-electron chi connectivity index (χ4n) is 1.14. The van der Waals surface area contributed by atoms with E-state index in [2.05, 4.69) is 10.2 Å². The zero-order valence-corrected chi connectivity index (χ0v) is 10.1. The number of amides is 1. The van der Waals surface area contributed by atoms with E-state index in [1.54, 1.807) is 0 Å². The Morgan fingerprint density at radius 1 is 1.25 bits per heavy atom. The highest BCUT2D eigenvalue weighted by molar-refractivity contribution is 7.15. The van der Waals surface area contributed by atoms with Gasteiger partial charge in [-0.3, -0.25) is 19.9 Å². The molecule has 0 saturated carbocycles. The highest BCUT2D eigenvalue weighted by Gasteiger charge is 2.35. The standard InChI is InChI=1S/C8H4F3N5O3S/c9-8(10,11)5-15-16-7(20-5)14-4(18)2-1-3(17)13-6(19)12-2/h1H,(H,14,16,18)(H2,12,13,17,19). The summed E-state index contributed by atoms with van der Waals surface area (Å²) >= 11 is 0.114. The summed E-state index contributed by atoms with van der Waals surface area (Å²) < 4.78 is 36.8. The van der Waals surface area contributed by atoms with Crippen molar-refractivity contribution in [2.45, 2.75) is 6.18 Å². The second kappa shape index (κ2) is 4.88. The lowest BCUT2D eigenvalue weighted by Gasteiger charge is -2.00. The Kier molecular flexibility index (Phi) is 3.40. The summed E-state index contributed by atoms with van der Waals surface area (Å²) in [6.07, 6.45) is -4.67. The number of aromatic nitrogens is 4. The van der Waals surface area contributed by atoms with Crippen LogP contribution < -0.4 is 16.6 Å². The molecule has 0 fully saturated rings. The molecule has 0 atom stereocenters. The van der Waals surface area contributed by atoms with Crippen LogP contribution in [0.2, 0.25) is 0 Å². The third-order valence-electron chi connectivity index (χ3n) is 1.89. The Morgan fingerprint density at radius 2 is 1.95 bits per heavy atom. The Bertz CT molecular complexity index is 733. The summed E-state index contributed by atoms with van der Waals surface area (Å²) in [6.45, 7) is 0. The van der Waals surface area contributed by atoms with Gasteiger partial charge in [0.15, 0.2) is 0 Å². The molecule has 0 saturated heterocycles. The van der Waals surface area contributed by atoms with Crippen LogP contribution in [0.4, 0.5) is 18.3 Å². The summed E-state index contributed by atoms with van der Waals surface area (Å²) in [5.74, 6) is -0.988. The molecule has 2 aromatic rings. The second-order valence-electron chi connectivity index (χ2n) is 3.37. The third kappa shape index (κ3) is 3.09. The van der Waals surface area contributed by atoms with Crippen molar-refractivity contribution < 1.29 is 18.0 Å². The van der Waals surface area contributed by atoms with E-state index in [-0.39, 0.29) is 11.3 Å². The second-order valence-corrected chi connectivity index (χ2v) is 4.34. The zero-order valence-electron chi connectivity index (χ0n) is 9.24. The van der Waals surface area contributed by atoms with Crippen molar-refractivity contribution in [1.29, 1.82) is 0 Å². The number of hydrogen-bond acceptors (Lipinski definition) is 6. The first-order valence-electron chi connectivity index (χ1n) is 4.81. The minimum Gasteiger partial charge on any atom is -0.303 e. The van der Waals surface area contributed by atoms with Crippen molar-refractivity contribution in [3.8, 4) is 0 Å². The first-order chi connectivity index (χ1) is 9.25. The molecule has 0 spiro atoms. The van der Waals surface area contributed by atoms with Gasteiger partial charge in [-0.1, -0.05) is 11.3 Å². The Hall–Kier alpha value is -2.50. The highest BCUT2D eigenvalue weighted by atomic mass is 32.1. The van der Waals surface area contributed by atoms with Gasteiger partial charge in [-0.25, -0.2) is 4.79 Å². The van der Waals surface area contributed by atoms with Crippen molar-refractivity contribution in [2.75, 3.05) is 5.32 Å². The van der Waals surface area contributed by atoms with Gasteiger partial charge in [-0.05, 0) is 0 Å². The molecule has 2 aromatic heterocycles. The molecule has 12 heteroatoms. The molecule has 1 amide bonds. The monoisotopic (exact) mass is 307 g/mol. The van der Waals surface area contributed by atoms with Crippen LogP contribution in [-0.2, 0) is 6.18 Å². The number of H-pyrrole nitrogens is 2. The number of halogens is 3. The Balaban J connectivity index is 2.22. The van der Waals surface area contributed by atoms with Crippen LogP contribution in [0.5, 0.6) is 0 Å². The van der Waals surface area contributed by atoms with Crippen LogP contribution in [0, 0.1) is 0 Å². The Morgan fingerprint density at radius 3 is 2.50 bits per heavy atom. The molecular formula is C8H4F3N5O3S. The fourth-order valence-corrected chi connectivity index (χ4v) is 1.75. The topological polar surface area (TPSA) is 121 Å². The summed E-state index contributed by atoms with van der Waals surface area (Å²) in [5, 5.41) is 6.34. The molecule has 0 aliphatic carbocycles. The predicted molar refractivity (Wildman–Crippen MR) is 60.5 cm³/mol. The lowest BCUT2D eigenvalue weighted by molar-refractivity contribution is -0.138. The molecule has 8 nitrogen and oxygen atoms in total. The van der Waals surface area contributed by atoms with E-state index in [9.17, 15) is 27.6 Å². The van der Waals surface area contributed by atoms with Crippen LogP contribution in [0.1, 0.15) is 15.5 Å². The Labute approximate surface area is 110 Å². The quantitative estimate of drug-likeness (QED) is 0.731. The number of rotatable bonds is 2. The molecule has 2 rings (SSSR count). The minimum absolute atomic E-state index is 0.114. The van der Waals surface area contributed by atoms with Gasteiger partial charge in [-0.15, -0.1) is 10.2 Å². The number of alkyl halides is 3. The average Bonchev–Trinajstić information content (AvgIpc) is 2.75. The zero-order chi connectivity index (χ0) is 14.9. The van der Waals surface area contributed by atoms with Gasteiger partial charge in [0, 0.05) is 6.07 Å². The summed E-state index contributed by atoms with van der Waals surface area (Å²) in [7, 11) is 0. The van der Waals surface area contributed by atoms with Crippen molar-refractivity contribution >= 4 is 22.4 Å². The number of aromatic amines is 2. The number of hydrogen-bond donors (Lipinski definition) is 3. The van der Waals surface area contributed by atoms with Gasteiger partial charge in [0.2, 0.25) is 10.1 Å². The molecular weight excluding hydrogens is 303 g/mol. The van der Waals surface area contributed by atoms with Crippen LogP contribution in [-0.4, -0.2) is 26.1 Å². The van der Waals surface area contributed by atoms with E-state index in [1.807, 2.05) is 15.3 Å². The molecule has 0 aliphatic heterocycles. The van der Waals surface area contributed by atoms with Crippen molar-refractivity contribution in [3.63, 3.8) is 0 Å². The van der Waals surface area contributed by atoms with Crippen LogP contribution >= 0.6 is 11.3 Å². The van der Waals surface area contributed by atoms with E-state index in [0.29, 0.717) is 0 Å².